The number of thioether (sulfide) groups is 1. The average molecular weight is 499 g/mol. The third-order valence-electron chi connectivity index (χ3n) is 7.04. The molecule has 4 rings (SSSR count). The van der Waals surface area contributed by atoms with Crippen LogP contribution in [0.1, 0.15) is 44.6 Å². The van der Waals surface area contributed by atoms with E-state index in [2.05, 4.69) is 28.4 Å². The molecule has 8 nitrogen and oxygen atoms in total. The number of benzene rings is 1. The van der Waals surface area contributed by atoms with Crippen molar-refractivity contribution in [3.63, 3.8) is 0 Å². The zero-order chi connectivity index (χ0) is 24.9. The minimum Gasteiger partial charge on any atom is -0.506 e. The Balaban J connectivity index is 1.23. The zero-order valence-electron chi connectivity index (χ0n) is 20.4. The number of nitrogens with one attached hydrogen (secondary N) is 2. The topological polar surface area (TPSA) is 106 Å². The number of aryl methyl sites for hydroxylation is 1. The van der Waals surface area contributed by atoms with Gasteiger partial charge in [0.15, 0.2) is 0 Å². The molecule has 1 fully saturated rings. The predicted molar refractivity (Wildman–Crippen MR) is 139 cm³/mol. The first-order valence-electron chi connectivity index (χ1n) is 12.4. The van der Waals surface area contributed by atoms with E-state index in [1.165, 1.54) is 23.1 Å². The highest BCUT2D eigenvalue weighted by Crippen LogP contribution is 2.41. The minimum atomic E-state index is -0.307. The number of anilines is 1. The normalized spacial score (nSPS) is 16.6. The van der Waals surface area contributed by atoms with Gasteiger partial charge in [-0.15, -0.1) is 11.8 Å². The predicted octanol–water partition coefficient (Wildman–Crippen LogP) is 3.59. The van der Waals surface area contributed by atoms with Crippen molar-refractivity contribution in [2.24, 2.45) is 5.92 Å². The zero-order valence-corrected chi connectivity index (χ0v) is 21.2. The summed E-state index contributed by atoms with van der Waals surface area (Å²) in [5, 5.41) is 16.0. The quantitative estimate of drug-likeness (QED) is 0.342. The number of aromatic amines is 1. The number of H-pyrrole nitrogens is 1. The molecule has 3 N–H and O–H groups in total. The largest absolute Gasteiger partial charge is 0.506 e. The van der Waals surface area contributed by atoms with Crippen molar-refractivity contribution in [2.45, 2.75) is 50.5 Å². The van der Waals surface area contributed by atoms with E-state index in [9.17, 15) is 19.5 Å². The molecular weight excluding hydrogens is 464 g/mol. The van der Waals surface area contributed by atoms with Gasteiger partial charge in [0.2, 0.25) is 5.91 Å². The van der Waals surface area contributed by atoms with Gasteiger partial charge in [0, 0.05) is 50.1 Å². The summed E-state index contributed by atoms with van der Waals surface area (Å²) in [6, 6.07) is 3.82. The van der Waals surface area contributed by atoms with Gasteiger partial charge in [0.25, 0.3) is 11.8 Å². The fraction of sp³-hybridized carbons (Fsp3) is 0.500. The third kappa shape index (κ3) is 5.50. The van der Waals surface area contributed by atoms with E-state index in [0.29, 0.717) is 31.1 Å². The summed E-state index contributed by atoms with van der Waals surface area (Å²) in [6.07, 6.45) is 9.24. The monoisotopic (exact) mass is 498 g/mol. The van der Waals surface area contributed by atoms with Crippen LogP contribution in [0.3, 0.4) is 0 Å². The number of carbonyl (C=O) groups excluding carboxylic acids is 3. The summed E-state index contributed by atoms with van der Waals surface area (Å²) in [6.45, 7) is 4.79. The molecule has 9 heteroatoms. The van der Waals surface area contributed by atoms with Crippen molar-refractivity contribution in [2.75, 3.05) is 37.3 Å². The molecule has 1 saturated heterocycles. The second kappa shape index (κ2) is 11.2. The molecule has 3 amide bonds. The molecule has 0 unspecified atom stereocenters. The highest BCUT2D eigenvalue weighted by Gasteiger charge is 2.25. The molecule has 0 saturated carbocycles. The summed E-state index contributed by atoms with van der Waals surface area (Å²) >= 11 is 1.70. The fourth-order valence-corrected chi connectivity index (χ4v) is 5.82. The molecule has 0 aliphatic carbocycles. The van der Waals surface area contributed by atoms with Gasteiger partial charge in [-0.3, -0.25) is 19.3 Å². The highest BCUT2D eigenvalue weighted by atomic mass is 32.2. The number of phenolic OH excluding ortho intramolecular Hbond substituents is 1. The number of amides is 3. The van der Waals surface area contributed by atoms with Crippen LogP contribution in [0.25, 0.3) is 10.9 Å². The van der Waals surface area contributed by atoms with Crippen molar-refractivity contribution in [1.82, 2.24) is 15.2 Å². The van der Waals surface area contributed by atoms with E-state index in [4.69, 9.17) is 0 Å². The second-order valence-corrected chi connectivity index (χ2v) is 10.00. The van der Waals surface area contributed by atoms with Gasteiger partial charge in [-0.25, -0.2) is 0 Å². The van der Waals surface area contributed by atoms with Crippen LogP contribution in [0.4, 0.5) is 5.69 Å². The summed E-state index contributed by atoms with van der Waals surface area (Å²) in [7, 11) is 0. The van der Waals surface area contributed by atoms with Crippen molar-refractivity contribution < 1.29 is 19.5 Å². The maximum Gasteiger partial charge on any atom is 0.253 e. The van der Waals surface area contributed by atoms with E-state index in [-0.39, 0.29) is 24.3 Å². The van der Waals surface area contributed by atoms with Crippen molar-refractivity contribution in [3.05, 3.63) is 29.8 Å². The Hall–Kier alpha value is -2.94. The van der Waals surface area contributed by atoms with E-state index in [0.717, 1.165) is 59.9 Å². The number of phenols is 1. The number of fused-ring (bicyclic) bond motifs is 1. The van der Waals surface area contributed by atoms with Crippen molar-refractivity contribution >= 4 is 46.1 Å². The molecule has 1 aromatic carbocycles. The van der Waals surface area contributed by atoms with Crippen LogP contribution in [-0.2, 0) is 20.8 Å². The lowest BCUT2D eigenvalue weighted by atomic mass is 9.93. The molecule has 0 atom stereocenters. The molecule has 0 bridgehead atoms. The fourth-order valence-electron chi connectivity index (χ4n) is 5.11. The number of rotatable bonds is 10. The van der Waals surface area contributed by atoms with Crippen molar-refractivity contribution in [1.29, 1.82) is 0 Å². The summed E-state index contributed by atoms with van der Waals surface area (Å²) < 4.78 is 0. The number of imide groups is 1. The average Bonchev–Trinajstić information content (AvgIpc) is 3.38. The van der Waals surface area contributed by atoms with Gasteiger partial charge < -0.3 is 20.3 Å². The standard InChI is InChI=1S/C26H34N4O4S/c1-3-18-19-6-7-20(31)25(24(19)28-26(18)35-2)29-15-11-17(12-16-29)10-13-27-21(32)5-4-14-30-22(33)8-9-23(30)34/h6-9,17,28,31H,3-5,10-16H2,1-2H3,(H,27,32). The Morgan fingerprint density at radius 2 is 1.91 bits per heavy atom. The highest BCUT2D eigenvalue weighted by molar-refractivity contribution is 7.98. The lowest BCUT2D eigenvalue weighted by Crippen LogP contribution is -2.35. The van der Waals surface area contributed by atoms with E-state index < -0.39 is 0 Å². The SMILES string of the molecule is CCc1c(SC)[nH]c2c(N3CCC(CCNC(=O)CCCN4C(=O)C=CC4=O)CC3)c(O)ccc12. The Morgan fingerprint density at radius 1 is 1.20 bits per heavy atom. The van der Waals surface area contributed by atoms with E-state index in [1.807, 2.05) is 12.1 Å². The van der Waals surface area contributed by atoms with Gasteiger partial charge in [-0.2, -0.15) is 0 Å². The molecule has 188 valence electrons. The summed E-state index contributed by atoms with van der Waals surface area (Å²) in [4.78, 5) is 42.2. The summed E-state index contributed by atoms with van der Waals surface area (Å²) in [5.74, 6) is 0.175. The lowest BCUT2D eigenvalue weighted by molar-refractivity contribution is -0.137. The molecule has 3 heterocycles. The maximum atomic E-state index is 12.1. The first-order valence-corrected chi connectivity index (χ1v) is 13.6. The van der Waals surface area contributed by atoms with Crippen LogP contribution in [-0.4, -0.2) is 65.1 Å². The Labute approximate surface area is 210 Å². The first-order chi connectivity index (χ1) is 16.9. The molecule has 2 aromatic rings. The number of hydrogen-bond acceptors (Lipinski definition) is 6. The van der Waals surface area contributed by atoms with E-state index >= 15 is 0 Å². The number of piperidine rings is 1. The molecule has 0 spiro atoms. The van der Waals surface area contributed by atoms with Gasteiger partial charge >= 0.3 is 0 Å². The smallest absolute Gasteiger partial charge is 0.253 e. The van der Waals surface area contributed by atoms with Crippen LogP contribution in [0, 0.1) is 5.92 Å². The Bertz CT molecular complexity index is 1120. The Kier molecular flexibility index (Phi) is 8.05. The van der Waals surface area contributed by atoms with Crippen LogP contribution in [0.2, 0.25) is 0 Å². The van der Waals surface area contributed by atoms with Gasteiger partial charge in [-0.1, -0.05) is 6.92 Å². The number of hydrogen-bond donors (Lipinski definition) is 3. The number of aromatic nitrogens is 1. The molecule has 1 aromatic heterocycles. The number of nitrogens with zero attached hydrogens (tertiary/aromatic N) is 2. The maximum absolute atomic E-state index is 12.1. The van der Waals surface area contributed by atoms with E-state index in [1.54, 1.807) is 11.8 Å². The van der Waals surface area contributed by atoms with Crippen LogP contribution in [0.15, 0.2) is 29.3 Å². The number of carbonyl (C=O) groups is 3. The van der Waals surface area contributed by atoms with Gasteiger partial charge in [0.05, 0.1) is 10.5 Å². The molecule has 2 aliphatic heterocycles. The first kappa shape index (κ1) is 25.2. The van der Waals surface area contributed by atoms with Gasteiger partial charge in [0.1, 0.15) is 11.4 Å². The molecule has 35 heavy (non-hydrogen) atoms. The van der Waals surface area contributed by atoms with Crippen LogP contribution < -0.4 is 10.2 Å². The summed E-state index contributed by atoms with van der Waals surface area (Å²) in [5.41, 5.74) is 3.22. The molecule has 0 radical (unpaired) electrons. The third-order valence-corrected chi connectivity index (χ3v) is 7.80. The number of aromatic hydroxyl groups is 1. The molecule has 2 aliphatic rings. The minimum absolute atomic E-state index is 0.0471. The van der Waals surface area contributed by atoms with Gasteiger partial charge in [-0.05, 0) is 62.0 Å². The van der Waals surface area contributed by atoms with Crippen LogP contribution >= 0.6 is 11.8 Å². The second-order valence-electron chi connectivity index (χ2n) is 9.18. The lowest BCUT2D eigenvalue weighted by Gasteiger charge is -2.34. The Morgan fingerprint density at radius 3 is 2.57 bits per heavy atom. The molecular formula is C26H34N4O4S. The van der Waals surface area contributed by atoms with Crippen molar-refractivity contribution in [3.8, 4) is 5.75 Å². The van der Waals surface area contributed by atoms with Crippen LogP contribution in [0.5, 0.6) is 5.75 Å².